The summed E-state index contributed by atoms with van der Waals surface area (Å²) in [5.41, 5.74) is 1.92. The fourth-order valence-electron chi connectivity index (χ4n) is 6.15. The van der Waals surface area contributed by atoms with Crippen LogP contribution in [0.15, 0.2) is 29.0 Å². The van der Waals surface area contributed by atoms with Crippen molar-refractivity contribution < 1.29 is 4.74 Å². The fourth-order valence-corrected chi connectivity index (χ4v) is 6.15. The van der Waals surface area contributed by atoms with Crippen LogP contribution >= 0.6 is 0 Å². The van der Waals surface area contributed by atoms with Crippen LogP contribution in [0.1, 0.15) is 59.3 Å². The molecule has 3 fully saturated rings. The maximum atomic E-state index is 5.48. The molecule has 4 aliphatic rings. The van der Waals surface area contributed by atoms with Gasteiger partial charge in [-0.2, -0.15) is 0 Å². The predicted octanol–water partition coefficient (Wildman–Crippen LogP) is 4.73. The summed E-state index contributed by atoms with van der Waals surface area (Å²) in [6, 6.07) is 0. The lowest BCUT2D eigenvalue weighted by Crippen LogP contribution is -2.50. The average molecular weight is 400 g/mol. The highest BCUT2D eigenvalue weighted by Crippen LogP contribution is 2.52. The van der Waals surface area contributed by atoms with E-state index in [0.29, 0.717) is 11.5 Å². The van der Waals surface area contributed by atoms with Crippen LogP contribution < -0.4 is 0 Å². The van der Waals surface area contributed by atoms with E-state index in [4.69, 9.17) is 9.73 Å². The topological polar surface area (TPSA) is 28.1 Å². The molecule has 1 atom stereocenters. The van der Waals surface area contributed by atoms with Crippen molar-refractivity contribution in [2.75, 3.05) is 39.8 Å². The van der Waals surface area contributed by atoms with E-state index >= 15 is 0 Å². The molecule has 29 heavy (non-hydrogen) atoms. The summed E-state index contributed by atoms with van der Waals surface area (Å²) in [6.07, 6.45) is 10.6. The Bertz CT molecular complexity index is 660. The Morgan fingerprint density at radius 1 is 1.14 bits per heavy atom. The van der Waals surface area contributed by atoms with Gasteiger partial charge in [0.25, 0.3) is 0 Å². The lowest BCUT2D eigenvalue weighted by molar-refractivity contribution is 0.0575. The van der Waals surface area contributed by atoms with Crippen molar-refractivity contribution in [1.82, 2.24) is 9.80 Å². The summed E-state index contributed by atoms with van der Waals surface area (Å²) in [5.74, 6) is 4.63. The minimum Gasteiger partial charge on any atom is -0.501 e. The highest BCUT2D eigenvalue weighted by atomic mass is 16.5. The molecule has 4 rings (SSSR count). The van der Waals surface area contributed by atoms with E-state index in [1.807, 2.05) is 0 Å². The molecule has 1 unspecified atom stereocenters. The normalized spacial score (nSPS) is 27.0. The van der Waals surface area contributed by atoms with E-state index < -0.39 is 0 Å². The summed E-state index contributed by atoms with van der Waals surface area (Å²) >= 11 is 0. The van der Waals surface area contributed by atoms with E-state index in [1.165, 1.54) is 63.0 Å². The zero-order chi connectivity index (χ0) is 20.6. The molecule has 3 heterocycles. The first kappa shape index (κ1) is 21.0. The molecule has 0 aromatic carbocycles. The van der Waals surface area contributed by atoms with Gasteiger partial charge >= 0.3 is 0 Å². The van der Waals surface area contributed by atoms with Crippen molar-refractivity contribution in [2.24, 2.45) is 28.7 Å². The maximum Gasteiger partial charge on any atom is 0.123 e. The van der Waals surface area contributed by atoms with Crippen LogP contribution in [0.25, 0.3) is 0 Å². The molecule has 0 aromatic rings. The molecule has 1 aliphatic carbocycles. The van der Waals surface area contributed by atoms with E-state index in [0.717, 1.165) is 37.2 Å². The lowest BCUT2D eigenvalue weighted by atomic mass is 9.84. The Morgan fingerprint density at radius 2 is 1.79 bits per heavy atom. The van der Waals surface area contributed by atoms with Gasteiger partial charge in [-0.15, -0.1) is 0 Å². The van der Waals surface area contributed by atoms with Crippen LogP contribution in [0, 0.1) is 23.7 Å². The van der Waals surface area contributed by atoms with Gasteiger partial charge in [0, 0.05) is 24.5 Å². The van der Waals surface area contributed by atoms with Gasteiger partial charge in [-0.25, -0.2) is 0 Å². The number of rotatable bonds is 6. The molecule has 2 saturated heterocycles. The van der Waals surface area contributed by atoms with Crippen molar-refractivity contribution in [3.8, 4) is 0 Å². The molecule has 4 heteroatoms. The lowest BCUT2D eigenvalue weighted by Gasteiger charge is -2.44. The molecule has 0 aromatic heterocycles. The number of methoxy groups -OCH3 is 1. The van der Waals surface area contributed by atoms with Crippen molar-refractivity contribution >= 4 is 5.84 Å². The average Bonchev–Trinajstić information content (AvgIpc) is 3.40. The quantitative estimate of drug-likeness (QED) is 0.604. The number of hydrogen-bond acceptors (Lipinski definition) is 4. The Balaban J connectivity index is 1.34. The van der Waals surface area contributed by atoms with Crippen molar-refractivity contribution in [3.63, 3.8) is 0 Å². The van der Waals surface area contributed by atoms with Gasteiger partial charge in [-0.3, -0.25) is 9.89 Å². The number of ether oxygens (including phenoxy) is 1. The number of allylic oxidation sites excluding steroid dienone is 1. The highest BCUT2D eigenvalue weighted by Gasteiger charge is 2.54. The minimum atomic E-state index is 0.273. The van der Waals surface area contributed by atoms with Gasteiger partial charge in [-0.05, 0) is 81.0 Å². The third-order valence-electron chi connectivity index (χ3n) is 8.17. The number of hydrogen-bond donors (Lipinski definition) is 0. The van der Waals surface area contributed by atoms with E-state index in [1.54, 1.807) is 7.11 Å². The Morgan fingerprint density at radius 3 is 2.34 bits per heavy atom. The molecule has 0 amide bonds. The summed E-state index contributed by atoms with van der Waals surface area (Å²) in [4.78, 5) is 10.3. The molecule has 0 radical (unpaired) electrons. The van der Waals surface area contributed by atoms with Crippen molar-refractivity contribution in [2.45, 2.75) is 64.8 Å². The first-order valence-corrected chi connectivity index (χ1v) is 11.9. The second kappa shape index (κ2) is 8.45. The smallest absolute Gasteiger partial charge is 0.123 e. The van der Waals surface area contributed by atoms with Gasteiger partial charge in [0.15, 0.2) is 0 Å². The summed E-state index contributed by atoms with van der Waals surface area (Å²) in [5, 5.41) is 0. The maximum absolute atomic E-state index is 5.48. The van der Waals surface area contributed by atoms with Crippen molar-refractivity contribution in [1.29, 1.82) is 0 Å². The van der Waals surface area contributed by atoms with Gasteiger partial charge in [-0.1, -0.05) is 27.4 Å². The highest BCUT2D eigenvalue weighted by molar-refractivity contribution is 5.95. The summed E-state index contributed by atoms with van der Waals surface area (Å²) in [6.45, 7) is 16.8. The number of aliphatic imine (C=N–C) groups is 1. The zero-order valence-corrected chi connectivity index (χ0v) is 19.1. The van der Waals surface area contributed by atoms with Crippen LogP contribution in [-0.4, -0.2) is 61.0 Å². The standard InChI is InChI=1S/C25H41N3O/c1-18(2)24(20(4)29-5)21-16-23(26-17-21)27-12-8-22(9-13-27)25(10-11-25)28-14-6-19(3)7-15-28/h16,18-19,22,24H,4,6-15,17H2,1-3,5H3. The predicted molar refractivity (Wildman–Crippen MR) is 121 cm³/mol. The molecule has 0 N–H and O–H groups in total. The third kappa shape index (κ3) is 4.15. The van der Waals surface area contributed by atoms with Crippen LogP contribution in [0.4, 0.5) is 0 Å². The third-order valence-corrected chi connectivity index (χ3v) is 8.17. The summed E-state index contributed by atoms with van der Waals surface area (Å²) in [7, 11) is 1.73. The van der Waals surface area contributed by atoms with Crippen LogP contribution in [0.3, 0.4) is 0 Å². The van der Waals surface area contributed by atoms with Gasteiger partial charge in [0.1, 0.15) is 5.84 Å². The van der Waals surface area contributed by atoms with Crippen LogP contribution in [-0.2, 0) is 4.74 Å². The Hall–Kier alpha value is -1.29. The number of nitrogens with zero attached hydrogens (tertiary/aromatic N) is 3. The molecule has 1 saturated carbocycles. The van der Waals surface area contributed by atoms with Gasteiger partial charge in [0.05, 0.1) is 19.4 Å². The molecule has 0 bridgehead atoms. The number of piperidine rings is 2. The largest absolute Gasteiger partial charge is 0.501 e. The Kier molecular flexibility index (Phi) is 6.11. The van der Waals surface area contributed by atoms with E-state index in [-0.39, 0.29) is 5.92 Å². The monoisotopic (exact) mass is 399 g/mol. The SMILES string of the molecule is C=C(OC)C(C1=CC(N2CCC(C3(N4CCC(C)CC4)CC3)CC2)=NC1)C(C)C. The van der Waals surface area contributed by atoms with E-state index in [2.05, 4.69) is 43.2 Å². The second-order valence-electron chi connectivity index (χ2n) is 10.3. The van der Waals surface area contributed by atoms with Gasteiger partial charge < -0.3 is 9.64 Å². The molecule has 162 valence electrons. The second-order valence-corrected chi connectivity index (χ2v) is 10.3. The first-order chi connectivity index (χ1) is 13.9. The number of amidine groups is 1. The molecule has 3 aliphatic heterocycles. The molecular formula is C25H41N3O. The Labute approximate surface area is 178 Å². The van der Waals surface area contributed by atoms with Gasteiger partial charge in [0.2, 0.25) is 0 Å². The minimum absolute atomic E-state index is 0.273. The van der Waals surface area contributed by atoms with Crippen LogP contribution in [0.2, 0.25) is 0 Å². The fraction of sp³-hybridized carbons (Fsp3) is 0.800. The van der Waals surface area contributed by atoms with Crippen molar-refractivity contribution in [3.05, 3.63) is 24.0 Å². The zero-order valence-electron chi connectivity index (χ0n) is 19.1. The molecular weight excluding hydrogens is 358 g/mol. The molecule has 0 spiro atoms. The molecule has 4 nitrogen and oxygen atoms in total. The van der Waals surface area contributed by atoms with E-state index in [9.17, 15) is 0 Å². The number of likely N-dealkylation sites (tertiary alicyclic amines) is 2. The summed E-state index contributed by atoms with van der Waals surface area (Å²) < 4.78 is 5.48. The first-order valence-electron chi connectivity index (χ1n) is 11.9. The van der Waals surface area contributed by atoms with Crippen LogP contribution in [0.5, 0.6) is 0 Å².